The Morgan fingerprint density at radius 3 is 2.80 bits per heavy atom. The summed E-state index contributed by atoms with van der Waals surface area (Å²) in [4.78, 5) is 28.8. The van der Waals surface area contributed by atoms with Crippen molar-refractivity contribution in [1.82, 2.24) is 4.98 Å². The Balaban J connectivity index is 1.70. The molecule has 3 rings (SSSR count). The summed E-state index contributed by atoms with van der Waals surface area (Å²) in [6.07, 6.45) is 0.0549. The smallest absolute Gasteiger partial charge is 0.311 e. The minimum Gasteiger partial charge on any atom is -0.469 e. The molecular formula is C17H13FN2O3S2. The molecule has 0 spiro atoms. The molecule has 3 aromatic rings. The number of ether oxygens (including phenoxy) is 1. The highest BCUT2D eigenvalue weighted by Gasteiger charge is 2.15. The monoisotopic (exact) mass is 376 g/mol. The Bertz CT molecular complexity index is 920. The third kappa shape index (κ3) is 4.09. The summed E-state index contributed by atoms with van der Waals surface area (Å²) in [5.74, 6) is -1.05. The van der Waals surface area contributed by atoms with Gasteiger partial charge in [-0.05, 0) is 18.2 Å². The number of aromatic nitrogens is 1. The normalized spacial score (nSPS) is 10.5. The van der Waals surface area contributed by atoms with Gasteiger partial charge >= 0.3 is 5.97 Å². The van der Waals surface area contributed by atoms with Crippen LogP contribution in [0.3, 0.4) is 0 Å². The highest BCUT2D eigenvalue weighted by Crippen LogP contribution is 2.30. The van der Waals surface area contributed by atoms with Crippen molar-refractivity contribution in [3.8, 4) is 10.4 Å². The predicted molar refractivity (Wildman–Crippen MR) is 95.5 cm³/mol. The number of hydrogen-bond acceptors (Lipinski definition) is 6. The van der Waals surface area contributed by atoms with Crippen LogP contribution in [0.15, 0.2) is 41.8 Å². The zero-order chi connectivity index (χ0) is 17.8. The third-order valence-corrected chi connectivity index (χ3v) is 5.22. The third-order valence-electron chi connectivity index (χ3n) is 3.29. The highest BCUT2D eigenvalue weighted by atomic mass is 32.1. The molecular weight excluding hydrogens is 363 g/mol. The van der Waals surface area contributed by atoms with Crippen LogP contribution in [0.5, 0.6) is 0 Å². The number of rotatable bonds is 5. The second kappa shape index (κ2) is 7.54. The Hall–Kier alpha value is -2.58. The number of anilines is 1. The Labute approximate surface area is 151 Å². The van der Waals surface area contributed by atoms with E-state index in [0.29, 0.717) is 26.1 Å². The molecule has 25 heavy (non-hydrogen) atoms. The van der Waals surface area contributed by atoms with Crippen LogP contribution in [0.2, 0.25) is 0 Å². The van der Waals surface area contributed by atoms with Gasteiger partial charge in [0, 0.05) is 15.8 Å². The second-order valence-corrected chi connectivity index (χ2v) is 6.94. The maximum absolute atomic E-state index is 13.8. The van der Waals surface area contributed by atoms with E-state index in [4.69, 9.17) is 0 Å². The lowest BCUT2D eigenvalue weighted by atomic mass is 10.2. The first-order chi connectivity index (χ1) is 12.1. The number of nitrogens with one attached hydrogen (secondary N) is 1. The van der Waals surface area contributed by atoms with Crippen molar-refractivity contribution in [2.24, 2.45) is 0 Å². The van der Waals surface area contributed by atoms with Gasteiger partial charge in [-0.3, -0.25) is 14.9 Å². The van der Waals surface area contributed by atoms with Crippen molar-refractivity contribution in [2.75, 3.05) is 12.4 Å². The van der Waals surface area contributed by atoms with Crippen molar-refractivity contribution >= 4 is 39.7 Å². The summed E-state index contributed by atoms with van der Waals surface area (Å²) in [6.45, 7) is 0. The summed E-state index contributed by atoms with van der Waals surface area (Å²) >= 11 is 2.42. The number of nitrogens with zero attached hydrogens (tertiary/aromatic N) is 1. The van der Waals surface area contributed by atoms with Crippen molar-refractivity contribution in [3.63, 3.8) is 0 Å². The van der Waals surface area contributed by atoms with Crippen molar-refractivity contribution < 1.29 is 18.7 Å². The van der Waals surface area contributed by atoms with Crippen LogP contribution in [-0.2, 0) is 16.0 Å². The van der Waals surface area contributed by atoms with Gasteiger partial charge in [-0.2, -0.15) is 0 Å². The zero-order valence-corrected chi connectivity index (χ0v) is 14.7. The van der Waals surface area contributed by atoms with Gasteiger partial charge in [-0.25, -0.2) is 9.37 Å². The molecule has 0 aliphatic heterocycles. The molecule has 0 bridgehead atoms. The number of carbonyl (C=O) groups excluding carboxylic acids is 2. The van der Waals surface area contributed by atoms with Gasteiger partial charge in [0.1, 0.15) is 5.82 Å². The van der Waals surface area contributed by atoms with E-state index in [2.05, 4.69) is 15.0 Å². The lowest BCUT2D eigenvalue weighted by molar-refractivity contribution is -0.139. The first kappa shape index (κ1) is 17.2. The fourth-order valence-electron chi connectivity index (χ4n) is 2.09. The van der Waals surface area contributed by atoms with E-state index in [1.165, 1.54) is 35.8 Å². The van der Waals surface area contributed by atoms with Gasteiger partial charge in [0.15, 0.2) is 5.13 Å². The number of halogens is 1. The molecule has 8 heteroatoms. The summed E-state index contributed by atoms with van der Waals surface area (Å²) < 4.78 is 18.4. The van der Waals surface area contributed by atoms with E-state index in [-0.39, 0.29) is 18.1 Å². The largest absolute Gasteiger partial charge is 0.469 e. The lowest BCUT2D eigenvalue weighted by Crippen LogP contribution is -2.10. The SMILES string of the molecule is COC(=O)Cc1csc(NC(=O)c2ccc(-c3ccccc3F)s2)n1. The molecule has 0 aliphatic carbocycles. The average molecular weight is 376 g/mol. The predicted octanol–water partition coefficient (Wildman–Crippen LogP) is 3.98. The molecule has 0 aliphatic rings. The summed E-state index contributed by atoms with van der Waals surface area (Å²) in [5, 5.41) is 4.76. The van der Waals surface area contributed by atoms with Gasteiger partial charge in [0.05, 0.1) is 24.1 Å². The highest BCUT2D eigenvalue weighted by molar-refractivity contribution is 7.17. The molecule has 0 saturated carbocycles. The first-order valence-electron chi connectivity index (χ1n) is 7.24. The lowest BCUT2D eigenvalue weighted by Gasteiger charge is -2.00. The van der Waals surface area contributed by atoms with Gasteiger partial charge in [-0.15, -0.1) is 22.7 Å². The van der Waals surface area contributed by atoms with Crippen molar-refractivity contribution in [3.05, 3.63) is 58.2 Å². The Morgan fingerprint density at radius 1 is 1.24 bits per heavy atom. The molecule has 0 fully saturated rings. The number of hydrogen-bond donors (Lipinski definition) is 1. The number of amides is 1. The number of thiazole rings is 1. The van der Waals surface area contributed by atoms with Crippen LogP contribution in [-0.4, -0.2) is 24.0 Å². The number of esters is 1. The molecule has 5 nitrogen and oxygen atoms in total. The Morgan fingerprint density at radius 2 is 2.04 bits per heavy atom. The van der Waals surface area contributed by atoms with E-state index in [0.717, 1.165) is 0 Å². The maximum Gasteiger partial charge on any atom is 0.311 e. The van der Waals surface area contributed by atoms with Crippen LogP contribution in [0.25, 0.3) is 10.4 Å². The maximum atomic E-state index is 13.8. The molecule has 0 saturated heterocycles. The summed E-state index contributed by atoms with van der Waals surface area (Å²) in [7, 11) is 1.31. The van der Waals surface area contributed by atoms with E-state index >= 15 is 0 Å². The summed E-state index contributed by atoms with van der Waals surface area (Å²) in [6, 6.07) is 9.77. The Kier molecular flexibility index (Phi) is 5.20. The quantitative estimate of drug-likeness (QED) is 0.684. The minimum absolute atomic E-state index is 0.0549. The average Bonchev–Trinajstić information content (AvgIpc) is 3.25. The van der Waals surface area contributed by atoms with Gasteiger partial charge in [-0.1, -0.05) is 18.2 Å². The standard InChI is InChI=1S/C17H13FN2O3S2/c1-23-15(21)8-10-9-24-17(19-10)20-16(22)14-7-6-13(25-14)11-4-2-3-5-12(11)18/h2-7,9H,8H2,1H3,(H,19,20,22). The molecule has 1 amide bonds. The molecule has 0 atom stereocenters. The van der Waals surface area contributed by atoms with Crippen molar-refractivity contribution in [1.29, 1.82) is 0 Å². The minimum atomic E-state index is -0.393. The zero-order valence-electron chi connectivity index (χ0n) is 13.1. The molecule has 0 unspecified atom stereocenters. The number of thiophene rings is 1. The van der Waals surface area contributed by atoms with Gasteiger partial charge < -0.3 is 4.74 Å². The van der Waals surface area contributed by atoms with Crippen LogP contribution in [0.4, 0.5) is 9.52 Å². The van der Waals surface area contributed by atoms with Gasteiger partial charge in [0.2, 0.25) is 0 Å². The summed E-state index contributed by atoms with van der Waals surface area (Å²) in [5.41, 5.74) is 0.992. The van der Waals surface area contributed by atoms with Crippen LogP contribution in [0.1, 0.15) is 15.4 Å². The molecule has 0 radical (unpaired) electrons. The molecule has 128 valence electrons. The van der Waals surface area contributed by atoms with E-state index in [1.807, 2.05) is 0 Å². The number of carbonyl (C=O) groups is 2. The van der Waals surface area contributed by atoms with Crippen LogP contribution >= 0.6 is 22.7 Å². The van der Waals surface area contributed by atoms with E-state index in [1.54, 1.807) is 35.7 Å². The second-order valence-electron chi connectivity index (χ2n) is 4.99. The van der Waals surface area contributed by atoms with Crippen molar-refractivity contribution in [2.45, 2.75) is 6.42 Å². The van der Waals surface area contributed by atoms with E-state index in [9.17, 15) is 14.0 Å². The van der Waals surface area contributed by atoms with Crippen LogP contribution < -0.4 is 5.32 Å². The molecule has 1 aromatic carbocycles. The number of benzene rings is 1. The first-order valence-corrected chi connectivity index (χ1v) is 8.93. The van der Waals surface area contributed by atoms with Crippen LogP contribution in [0, 0.1) is 5.82 Å². The van der Waals surface area contributed by atoms with E-state index < -0.39 is 5.97 Å². The molecule has 2 aromatic heterocycles. The fourth-order valence-corrected chi connectivity index (χ4v) is 3.72. The molecule has 1 N–H and O–H groups in total. The fraction of sp³-hybridized carbons (Fsp3) is 0.118. The van der Waals surface area contributed by atoms with Gasteiger partial charge in [0.25, 0.3) is 5.91 Å². The molecule has 2 heterocycles. The topological polar surface area (TPSA) is 68.3 Å². The number of methoxy groups -OCH3 is 1.